The van der Waals surface area contributed by atoms with Crippen LogP contribution in [0.25, 0.3) is 11.4 Å². The minimum absolute atomic E-state index is 0.0340. The van der Waals surface area contributed by atoms with E-state index in [1.807, 2.05) is 31.2 Å². The van der Waals surface area contributed by atoms with E-state index in [1.165, 1.54) is 0 Å². The molecule has 1 amide bonds. The Kier molecular flexibility index (Phi) is 8.65. The largest absolute Gasteiger partial charge is 0.462 e. The van der Waals surface area contributed by atoms with Crippen LogP contribution in [0.1, 0.15) is 48.9 Å². The molecule has 0 radical (unpaired) electrons. The normalized spacial score (nSPS) is 16.1. The molecule has 9 heteroatoms. The number of nitrogens with zero attached hydrogens (tertiary/aromatic N) is 3. The molecule has 1 saturated heterocycles. The summed E-state index contributed by atoms with van der Waals surface area (Å²) in [5.41, 5.74) is 2.02. The standard InChI is InChI=1S/C26H29BrN4O4/c1-2-3-14-34-26(33)18-9-11-22(12-10-18)28-25(32)20-7-5-13-31(16-20)17-23-29-24(30-35-23)19-6-4-8-21(27)15-19/h4,6,8-12,15,20H,2-3,5,7,13-14,16-17H2,1H3,(H,28,32). The lowest BCUT2D eigenvalue weighted by molar-refractivity contribution is -0.121. The van der Waals surface area contributed by atoms with Crippen molar-refractivity contribution in [3.63, 3.8) is 0 Å². The molecule has 0 spiro atoms. The van der Waals surface area contributed by atoms with Crippen molar-refractivity contribution in [1.82, 2.24) is 15.0 Å². The number of halogens is 1. The molecule has 1 aliphatic rings. The van der Waals surface area contributed by atoms with Crippen molar-refractivity contribution in [2.45, 2.75) is 39.2 Å². The maximum absolute atomic E-state index is 12.9. The van der Waals surface area contributed by atoms with Crippen LogP contribution in [-0.4, -0.2) is 46.6 Å². The zero-order valence-electron chi connectivity index (χ0n) is 19.7. The van der Waals surface area contributed by atoms with Crippen molar-refractivity contribution in [2.75, 3.05) is 25.0 Å². The van der Waals surface area contributed by atoms with Crippen molar-refractivity contribution >= 4 is 33.5 Å². The first-order valence-electron chi connectivity index (χ1n) is 11.9. The van der Waals surface area contributed by atoms with E-state index in [0.717, 1.165) is 42.3 Å². The van der Waals surface area contributed by atoms with Gasteiger partial charge in [0.05, 0.1) is 24.6 Å². The molecule has 3 aromatic rings. The molecule has 1 fully saturated rings. The molecule has 0 saturated carbocycles. The van der Waals surface area contributed by atoms with Gasteiger partial charge in [0.2, 0.25) is 17.6 Å². The number of rotatable bonds is 9. The Morgan fingerprint density at radius 3 is 2.83 bits per heavy atom. The molecule has 0 bridgehead atoms. The number of anilines is 1. The number of hydrogen-bond acceptors (Lipinski definition) is 7. The Morgan fingerprint density at radius 1 is 1.23 bits per heavy atom. The quantitative estimate of drug-likeness (QED) is 0.290. The van der Waals surface area contributed by atoms with Crippen LogP contribution in [0.3, 0.4) is 0 Å². The Morgan fingerprint density at radius 2 is 2.06 bits per heavy atom. The minimum atomic E-state index is -0.344. The summed E-state index contributed by atoms with van der Waals surface area (Å²) in [5.74, 6) is 0.555. The number of unbranched alkanes of at least 4 members (excludes halogenated alkanes) is 1. The molecular weight excluding hydrogens is 512 g/mol. The van der Waals surface area contributed by atoms with Crippen LogP contribution < -0.4 is 5.32 Å². The summed E-state index contributed by atoms with van der Waals surface area (Å²) in [6.07, 6.45) is 3.54. The van der Waals surface area contributed by atoms with Crippen LogP contribution in [0.4, 0.5) is 5.69 Å². The van der Waals surface area contributed by atoms with E-state index >= 15 is 0 Å². The summed E-state index contributed by atoms with van der Waals surface area (Å²) >= 11 is 3.46. The van der Waals surface area contributed by atoms with Gasteiger partial charge in [-0.1, -0.05) is 46.6 Å². The van der Waals surface area contributed by atoms with Gasteiger partial charge in [-0.05, 0) is 62.2 Å². The fourth-order valence-corrected chi connectivity index (χ4v) is 4.39. The number of hydrogen-bond donors (Lipinski definition) is 1. The lowest BCUT2D eigenvalue weighted by Crippen LogP contribution is -2.40. The molecular formula is C26H29BrN4O4. The van der Waals surface area contributed by atoms with Gasteiger partial charge in [-0.15, -0.1) is 0 Å². The number of amides is 1. The molecule has 4 rings (SSSR count). The number of ether oxygens (including phenoxy) is 1. The van der Waals surface area contributed by atoms with Crippen molar-refractivity contribution < 1.29 is 18.8 Å². The van der Waals surface area contributed by atoms with Gasteiger partial charge in [0, 0.05) is 22.3 Å². The Labute approximate surface area is 213 Å². The second-order valence-electron chi connectivity index (χ2n) is 8.65. The van der Waals surface area contributed by atoms with E-state index in [-0.39, 0.29) is 17.8 Å². The number of benzene rings is 2. The van der Waals surface area contributed by atoms with Gasteiger partial charge in [-0.25, -0.2) is 4.79 Å². The van der Waals surface area contributed by atoms with Crippen LogP contribution in [0, 0.1) is 5.92 Å². The maximum atomic E-state index is 12.9. The van der Waals surface area contributed by atoms with Crippen LogP contribution in [0.15, 0.2) is 57.5 Å². The summed E-state index contributed by atoms with van der Waals surface area (Å²) in [6.45, 7) is 4.44. The van der Waals surface area contributed by atoms with Gasteiger partial charge < -0.3 is 14.6 Å². The van der Waals surface area contributed by atoms with E-state index in [4.69, 9.17) is 9.26 Å². The molecule has 2 heterocycles. The number of likely N-dealkylation sites (tertiary alicyclic amines) is 1. The topological polar surface area (TPSA) is 97.6 Å². The molecule has 2 aromatic carbocycles. The number of carbonyl (C=O) groups is 2. The lowest BCUT2D eigenvalue weighted by atomic mass is 9.97. The molecule has 0 aliphatic carbocycles. The number of carbonyl (C=O) groups excluding carboxylic acids is 2. The highest BCUT2D eigenvalue weighted by molar-refractivity contribution is 9.10. The monoisotopic (exact) mass is 540 g/mol. The molecule has 1 unspecified atom stereocenters. The van der Waals surface area contributed by atoms with Crippen molar-refractivity contribution in [3.05, 3.63) is 64.5 Å². The predicted molar refractivity (Wildman–Crippen MR) is 136 cm³/mol. The summed E-state index contributed by atoms with van der Waals surface area (Å²) in [7, 11) is 0. The molecule has 1 N–H and O–H groups in total. The third kappa shape index (κ3) is 6.99. The van der Waals surface area contributed by atoms with Gasteiger partial charge in [0.15, 0.2) is 0 Å². The third-order valence-electron chi connectivity index (χ3n) is 5.91. The predicted octanol–water partition coefficient (Wildman–Crippen LogP) is 5.31. The number of nitrogens with one attached hydrogen (secondary N) is 1. The number of esters is 1. The molecule has 1 aliphatic heterocycles. The minimum Gasteiger partial charge on any atom is -0.462 e. The molecule has 8 nitrogen and oxygen atoms in total. The smallest absolute Gasteiger partial charge is 0.338 e. The average Bonchev–Trinajstić information content (AvgIpc) is 3.33. The fraction of sp³-hybridized carbons (Fsp3) is 0.385. The first-order chi connectivity index (χ1) is 17.0. The molecule has 35 heavy (non-hydrogen) atoms. The number of aromatic nitrogens is 2. The van der Waals surface area contributed by atoms with E-state index in [0.29, 0.717) is 42.7 Å². The summed E-state index contributed by atoms with van der Waals surface area (Å²) in [6, 6.07) is 14.6. The van der Waals surface area contributed by atoms with Crippen LogP contribution in [-0.2, 0) is 16.1 Å². The van der Waals surface area contributed by atoms with E-state index in [9.17, 15) is 9.59 Å². The van der Waals surface area contributed by atoms with Crippen molar-refractivity contribution in [2.24, 2.45) is 5.92 Å². The van der Waals surface area contributed by atoms with E-state index < -0.39 is 0 Å². The summed E-state index contributed by atoms with van der Waals surface area (Å²) in [5, 5.41) is 7.07. The second kappa shape index (κ2) is 12.1. The van der Waals surface area contributed by atoms with Crippen LogP contribution in [0.2, 0.25) is 0 Å². The van der Waals surface area contributed by atoms with Gasteiger partial charge >= 0.3 is 5.97 Å². The number of piperidine rings is 1. The lowest BCUT2D eigenvalue weighted by Gasteiger charge is -2.30. The van der Waals surface area contributed by atoms with E-state index in [1.54, 1.807) is 24.3 Å². The van der Waals surface area contributed by atoms with Crippen molar-refractivity contribution in [3.8, 4) is 11.4 Å². The first kappa shape index (κ1) is 25.1. The molecule has 184 valence electrons. The first-order valence-corrected chi connectivity index (χ1v) is 12.7. The fourth-order valence-electron chi connectivity index (χ4n) is 3.99. The average molecular weight is 541 g/mol. The Hall–Kier alpha value is -3.04. The van der Waals surface area contributed by atoms with Gasteiger partial charge in [-0.2, -0.15) is 4.98 Å². The highest BCUT2D eigenvalue weighted by atomic mass is 79.9. The van der Waals surface area contributed by atoms with Gasteiger partial charge in [-0.3, -0.25) is 9.69 Å². The summed E-state index contributed by atoms with van der Waals surface area (Å²) < 4.78 is 11.6. The van der Waals surface area contributed by atoms with E-state index in [2.05, 4.69) is 36.3 Å². The summed E-state index contributed by atoms with van der Waals surface area (Å²) in [4.78, 5) is 31.6. The van der Waals surface area contributed by atoms with Gasteiger partial charge in [0.25, 0.3) is 0 Å². The highest BCUT2D eigenvalue weighted by Crippen LogP contribution is 2.23. The zero-order valence-corrected chi connectivity index (χ0v) is 21.3. The maximum Gasteiger partial charge on any atom is 0.338 e. The third-order valence-corrected chi connectivity index (χ3v) is 6.40. The zero-order chi connectivity index (χ0) is 24.6. The molecule has 1 aromatic heterocycles. The Bertz CT molecular complexity index is 1150. The van der Waals surface area contributed by atoms with Crippen LogP contribution in [0.5, 0.6) is 0 Å². The van der Waals surface area contributed by atoms with Crippen molar-refractivity contribution in [1.29, 1.82) is 0 Å². The van der Waals surface area contributed by atoms with Gasteiger partial charge in [0.1, 0.15) is 0 Å². The second-order valence-corrected chi connectivity index (χ2v) is 9.57. The SMILES string of the molecule is CCCCOC(=O)c1ccc(NC(=O)C2CCCN(Cc3nc(-c4cccc(Br)c4)no3)C2)cc1. The van der Waals surface area contributed by atoms with Crippen LogP contribution >= 0.6 is 15.9 Å². The molecule has 1 atom stereocenters. The Balaban J connectivity index is 1.29. The highest BCUT2D eigenvalue weighted by Gasteiger charge is 2.27.